The first-order valence-electron chi connectivity index (χ1n) is 5.81. The molecule has 1 aliphatic carbocycles. The van der Waals surface area contributed by atoms with E-state index < -0.39 is 0 Å². The molecule has 0 N–H and O–H groups in total. The van der Waals surface area contributed by atoms with Crippen molar-refractivity contribution in [3.63, 3.8) is 0 Å². The van der Waals surface area contributed by atoms with Crippen molar-refractivity contribution < 1.29 is 0 Å². The largest absolute Gasteiger partial charge is 0.143 e. The summed E-state index contributed by atoms with van der Waals surface area (Å²) < 4.78 is 0.309. The summed E-state index contributed by atoms with van der Waals surface area (Å²) in [6.45, 7) is 14.1. The lowest BCUT2D eigenvalue weighted by atomic mass is 9.81. The molecule has 1 aliphatic rings. The van der Waals surface area contributed by atoms with Crippen LogP contribution in [0.3, 0.4) is 0 Å². The van der Waals surface area contributed by atoms with Crippen molar-refractivity contribution in [3.8, 4) is 0 Å². The zero-order chi connectivity index (χ0) is 11.7. The van der Waals surface area contributed by atoms with Gasteiger partial charge in [0, 0.05) is 10.8 Å². The van der Waals surface area contributed by atoms with E-state index in [1.165, 1.54) is 11.5 Å². The molecule has 0 bridgehead atoms. The number of thioether (sulfide) groups is 2. The van der Waals surface area contributed by atoms with Crippen LogP contribution in [0.2, 0.25) is 0 Å². The Hall–Kier alpha value is 0.440. The Morgan fingerprint density at radius 1 is 0.800 bits per heavy atom. The molecule has 0 spiro atoms. The highest BCUT2D eigenvalue weighted by atomic mass is 32.2. The summed E-state index contributed by atoms with van der Waals surface area (Å²) in [5, 5.41) is 0. The van der Waals surface area contributed by atoms with Crippen LogP contribution in [0.5, 0.6) is 0 Å². The summed E-state index contributed by atoms with van der Waals surface area (Å²) in [6, 6.07) is 0. The predicted octanol–water partition coefficient (Wildman–Crippen LogP) is 4.81. The first-order chi connectivity index (χ1) is 6.83. The normalized spacial score (nSPS) is 25.7. The molecule has 2 heteroatoms. The number of rotatable bonds is 4. The van der Waals surface area contributed by atoms with Crippen molar-refractivity contribution in [1.82, 2.24) is 0 Å². The molecule has 0 aromatic carbocycles. The zero-order valence-corrected chi connectivity index (χ0v) is 12.5. The molecule has 0 fully saturated rings. The van der Waals surface area contributed by atoms with Gasteiger partial charge in [0.15, 0.2) is 0 Å². The summed E-state index contributed by atoms with van der Waals surface area (Å²) in [6.07, 6.45) is 4.83. The Kier molecular flexibility index (Phi) is 3.93. The fourth-order valence-corrected chi connectivity index (χ4v) is 6.27. The summed E-state index contributed by atoms with van der Waals surface area (Å²) in [5.74, 6) is 2.39. The molecular formula is C13H24S2. The van der Waals surface area contributed by atoms with Gasteiger partial charge in [-0.15, -0.1) is 23.5 Å². The lowest BCUT2D eigenvalue weighted by molar-refractivity contribution is 0.319. The molecule has 0 amide bonds. The van der Waals surface area contributed by atoms with Crippen LogP contribution >= 0.6 is 23.5 Å². The third kappa shape index (κ3) is 2.00. The van der Waals surface area contributed by atoms with Crippen LogP contribution in [0.1, 0.15) is 41.5 Å². The van der Waals surface area contributed by atoms with Crippen LogP contribution < -0.4 is 0 Å². The van der Waals surface area contributed by atoms with Gasteiger partial charge in [0.1, 0.15) is 0 Å². The molecule has 0 nitrogen and oxygen atoms in total. The molecule has 88 valence electrons. The standard InChI is InChI=1S/C13H24S2/c1-7-14-13(15-8-2)11(3,4)9-10-12(13,5)6/h9-10H,7-8H2,1-6H3. The smallest absolute Gasteiger partial charge is 0.0780 e. The molecule has 0 aromatic heterocycles. The van der Waals surface area contributed by atoms with Gasteiger partial charge in [-0.25, -0.2) is 0 Å². The maximum absolute atomic E-state index is 2.42. The fourth-order valence-electron chi connectivity index (χ4n) is 2.66. The van der Waals surface area contributed by atoms with E-state index in [0.717, 1.165) is 0 Å². The Balaban J connectivity index is 3.12. The van der Waals surface area contributed by atoms with Gasteiger partial charge in [-0.3, -0.25) is 0 Å². The van der Waals surface area contributed by atoms with Gasteiger partial charge in [0.2, 0.25) is 0 Å². The van der Waals surface area contributed by atoms with Gasteiger partial charge in [-0.1, -0.05) is 53.7 Å². The third-order valence-electron chi connectivity index (χ3n) is 3.31. The highest BCUT2D eigenvalue weighted by molar-refractivity contribution is 8.18. The number of allylic oxidation sites excluding steroid dienone is 2. The predicted molar refractivity (Wildman–Crippen MR) is 75.7 cm³/mol. The minimum atomic E-state index is 0.290. The Morgan fingerprint density at radius 2 is 1.13 bits per heavy atom. The van der Waals surface area contributed by atoms with E-state index in [9.17, 15) is 0 Å². The molecule has 0 saturated carbocycles. The maximum atomic E-state index is 2.42. The van der Waals surface area contributed by atoms with Crippen LogP contribution in [0.15, 0.2) is 12.2 Å². The topological polar surface area (TPSA) is 0 Å². The molecular weight excluding hydrogens is 220 g/mol. The molecule has 0 radical (unpaired) electrons. The average molecular weight is 244 g/mol. The molecule has 0 saturated heterocycles. The van der Waals surface area contributed by atoms with E-state index in [4.69, 9.17) is 0 Å². The van der Waals surface area contributed by atoms with Crippen LogP contribution in [0.25, 0.3) is 0 Å². The van der Waals surface area contributed by atoms with E-state index in [0.29, 0.717) is 4.08 Å². The SMILES string of the molecule is CCSC1(SCC)C(C)(C)C=CC1(C)C. The second-order valence-corrected chi connectivity index (χ2v) is 8.47. The summed E-state index contributed by atoms with van der Waals surface area (Å²) in [5.41, 5.74) is 0.579. The highest BCUT2D eigenvalue weighted by Crippen LogP contribution is 2.64. The average Bonchev–Trinajstić information content (AvgIpc) is 2.29. The summed E-state index contributed by atoms with van der Waals surface area (Å²) >= 11 is 4.25. The molecule has 0 aliphatic heterocycles. The summed E-state index contributed by atoms with van der Waals surface area (Å²) in [7, 11) is 0. The van der Waals surface area contributed by atoms with E-state index >= 15 is 0 Å². The number of hydrogen-bond donors (Lipinski definition) is 0. The van der Waals surface area contributed by atoms with Crippen LogP contribution in [0, 0.1) is 10.8 Å². The molecule has 0 unspecified atom stereocenters. The second-order valence-electron chi connectivity index (χ2n) is 5.26. The quantitative estimate of drug-likeness (QED) is 0.514. The minimum Gasteiger partial charge on any atom is -0.143 e. The minimum absolute atomic E-state index is 0.290. The van der Waals surface area contributed by atoms with Crippen molar-refractivity contribution in [2.45, 2.75) is 45.6 Å². The van der Waals surface area contributed by atoms with Crippen LogP contribution in [-0.2, 0) is 0 Å². The van der Waals surface area contributed by atoms with E-state index in [1.54, 1.807) is 0 Å². The van der Waals surface area contributed by atoms with Gasteiger partial charge < -0.3 is 0 Å². The molecule has 1 rings (SSSR count). The monoisotopic (exact) mass is 244 g/mol. The Bertz CT molecular complexity index is 225. The van der Waals surface area contributed by atoms with Crippen molar-refractivity contribution in [3.05, 3.63) is 12.2 Å². The molecule has 0 atom stereocenters. The van der Waals surface area contributed by atoms with Crippen molar-refractivity contribution in [2.75, 3.05) is 11.5 Å². The number of hydrogen-bond acceptors (Lipinski definition) is 2. The van der Waals surface area contributed by atoms with Gasteiger partial charge >= 0.3 is 0 Å². The summed E-state index contributed by atoms with van der Waals surface area (Å²) in [4.78, 5) is 0. The lowest BCUT2D eigenvalue weighted by Gasteiger charge is -2.48. The lowest BCUT2D eigenvalue weighted by Crippen LogP contribution is -2.44. The first kappa shape index (κ1) is 13.5. The Labute approximate surface area is 104 Å². The van der Waals surface area contributed by atoms with Gasteiger partial charge in [-0.05, 0) is 11.5 Å². The van der Waals surface area contributed by atoms with Crippen LogP contribution in [0.4, 0.5) is 0 Å². The Morgan fingerprint density at radius 3 is 1.40 bits per heavy atom. The van der Waals surface area contributed by atoms with Gasteiger partial charge in [0.25, 0.3) is 0 Å². The van der Waals surface area contributed by atoms with E-state index in [-0.39, 0.29) is 10.8 Å². The molecule has 0 heterocycles. The molecule has 0 aromatic rings. The van der Waals surface area contributed by atoms with Gasteiger partial charge in [0.05, 0.1) is 4.08 Å². The van der Waals surface area contributed by atoms with Crippen molar-refractivity contribution in [2.24, 2.45) is 10.8 Å². The van der Waals surface area contributed by atoms with Gasteiger partial charge in [-0.2, -0.15) is 0 Å². The van der Waals surface area contributed by atoms with Crippen LogP contribution in [-0.4, -0.2) is 15.6 Å². The zero-order valence-electron chi connectivity index (χ0n) is 10.9. The second kappa shape index (κ2) is 4.37. The third-order valence-corrected chi connectivity index (χ3v) is 7.51. The highest BCUT2D eigenvalue weighted by Gasteiger charge is 2.56. The van der Waals surface area contributed by atoms with Crippen molar-refractivity contribution in [1.29, 1.82) is 0 Å². The first-order valence-corrected chi connectivity index (χ1v) is 7.78. The van der Waals surface area contributed by atoms with E-state index in [2.05, 4.69) is 77.2 Å². The molecule has 15 heavy (non-hydrogen) atoms. The van der Waals surface area contributed by atoms with E-state index in [1.807, 2.05) is 0 Å². The van der Waals surface area contributed by atoms with Crippen molar-refractivity contribution >= 4 is 23.5 Å². The maximum Gasteiger partial charge on any atom is 0.0780 e. The fraction of sp³-hybridized carbons (Fsp3) is 0.846.